The number of hydrogen-bond donors (Lipinski definition) is 2. The van der Waals surface area contributed by atoms with Gasteiger partial charge in [0, 0.05) is 36.0 Å². The quantitative estimate of drug-likeness (QED) is 0.526. The molecule has 3 heterocycles. The van der Waals surface area contributed by atoms with Crippen LogP contribution in [0.15, 0.2) is 77.0 Å². The van der Waals surface area contributed by atoms with Crippen molar-refractivity contribution in [2.24, 2.45) is 0 Å². The number of fused-ring (bicyclic) bond motifs is 1. The molecular formula is C20H15FN4O3S. The number of amides is 1. The molecule has 3 aromatic heterocycles. The molecule has 0 fully saturated rings. The number of carbonyl (C=O) groups excluding carboxylic acids is 1. The number of rotatable bonds is 5. The van der Waals surface area contributed by atoms with Crippen LogP contribution in [-0.2, 0) is 16.4 Å². The molecule has 0 spiro atoms. The molecular weight excluding hydrogens is 395 g/mol. The highest BCUT2D eigenvalue weighted by Crippen LogP contribution is 2.21. The fourth-order valence-electron chi connectivity index (χ4n) is 2.83. The van der Waals surface area contributed by atoms with Gasteiger partial charge in [0.1, 0.15) is 11.5 Å². The molecule has 4 aromatic rings. The van der Waals surface area contributed by atoms with Crippen molar-refractivity contribution >= 4 is 26.6 Å². The third kappa shape index (κ3) is 3.85. The molecule has 4 rings (SSSR count). The van der Waals surface area contributed by atoms with Crippen LogP contribution in [0.1, 0.15) is 16.1 Å². The summed E-state index contributed by atoms with van der Waals surface area (Å²) in [6.07, 6.45) is 5.34. The second kappa shape index (κ2) is 7.44. The van der Waals surface area contributed by atoms with Crippen molar-refractivity contribution in [1.29, 1.82) is 0 Å². The lowest BCUT2D eigenvalue weighted by Gasteiger charge is -2.07. The molecule has 29 heavy (non-hydrogen) atoms. The standard InChI is InChI=1S/C20H15FN4O3S/c21-15-8-17(12-23-11-15)29(27,28)16-3-1-13(2-4-16)9-24-20(26)19-7-14-10-22-6-5-18(14)25-19/h1-8,10-12,25H,9H2,(H,24,26). The number of aromatic nitrogens is 3. The maximum atomic E-state index is 13.3. The van der Waals surface area contributed by atoms with E-state index in [0.29, 0.717) is 11.3 Å². The van der Waals surface area contributed by atoms with E-state index >= 15 is 0 Å². The lowest BCUT2D eigenvalue weighted by molar-refractivity contribution is 0.0946. The highest BCUT2D eigenvalue weighted by molar-refractivity contribution is 7.91. The zero-order valence-electron chi connectivity index (χ0n) is 15.0. The average molecular weight is 410 g/mol. The number of benzene rings is 1. The van der Waals surface area contributed by atoms with E-state index < -0.39 is 15.7 Å². The molecule has 0 unspecified atom stereocenters. The Morgan fingerprint density at radius 2 is 1.79 bits per heavy atom. The van der Waals surface area contributed by atoms with Crippen LogP contribution in [0.4, 0.5) is 4.39 Å². The van der Waals surface area contributed by atoms with Gasteiger partial charge in [0.05, 0.1) is 16.0 Å². The van der Waals surface area contributed by atoms with Crippen LogP contribution in [0.5, 0.6) is 0 Å². The van der Waals surface area contributed by atoms with Gasteiger partial charge in [-0.15, -0.1) is 0 Å². The summed E-state index contributed by atoms with van der Waals surface area (Å²) in [6.45, 7) is 0.217. The Hall–Kier alpha value is -3.59. The van der Waals surface area contributed by atoms with Crippen molar-refractivity contribution in [3.8, 4) is 0 Å². The van der Waals surface area contributed by atoms with Crippen molar-refractivity contribution < 1.29 is 17.6 Å². The lowest BCUT2D eigenvalue weighted by Crippen LogP contribution is -2.23. The Morgan fingerprint density at radius 3 is 2.52 bits per heavy atom. The highest BCUT2D eigenvalue weighted by Gasteiger charge is 2.18. The number of hydrogen-bond acceptors (Lipinski definition) is 5. The normalized spacial score (nSPS) is 11.5. The molecule has 1 aromatic carbocycles. The van der Waals surface area contributed by atoms with Crippen LogP contribution in [-0.4, -0.2) is 29.3 Å². The fourth-order valence-corrected chi connectivity index (χ4v) is 4.07. The summed E-state index contributed by atoms with van der Waals surface area (Å²) in [4.78, 5) is 22.7. The number of nitrogens with zero attached hydrogens (tertiary/aromatic N) is 2. The van der Waals surface area contributed by atoms with E-state index in [4.69, 9.17) is 0 Å². The Morgan fingerprint density at radius 1 is 1.00 bits per heavy atom. The van der Waals surface area contributed by atoms with E-state index in [1.54, 1.807) is 36.7 Å². The highest BCUT2D eigenvalue weighted by atomic mass is 32.2. The molecule has 0 bridgehead atoms. The Bertz CT molecular complexity index is 1270. The molecule has 0 aliphatic carbocycles. The molecule has 146 valence electrons. The van der Waals surface area contributed by atoms with Crippen LogP contribution in [0.2, 0.25) is 0 Å². The van der Waals surface area contributed by atoms with Gasteiger partial charge < -0.3 is 10.3 Å². The third-order valence-electron chi connectivity index (χ3n) is 4.34. The summed E-state index contributed by atoms with van der Waals surface area (Å²) in [6, 6.07) is 10.4. The average Bonchev–Trinajstić information content (AvgIpc) is 3.17. The summed E-state index contributed by atoms with van der Waals surface area (Å²) in [5.41, 5.74) is 1.93. The summed E-state index contributed by atoms with van der Waals surface area (Å²) in [5, 5.41) is 3.61. The SMILES string of the molecule is O=C(NCc1ccc(S(=O)(=O)c2cncc(F)c2)cc1)c1cc2cnccc2[nH]1. The Labute approximate surface area is 165 Å². The van der Waals surface area contributed by atoms with Gasteiger partial charge in [-0.1, -0.05) is 12.1 Å². The van der Waals surface area contributed by atoms with Gasteiger partial charge in [-0.3, -0.25) is 14.8 Å². The minimum atomic E-state index is -3.87. The largest absolute Gasteiger partial charge is 0.350 e. The van der Waals surface area contributed by atoms with Crippen molar-refractivity contribution in [2.45, 2.75) is 16.3 Å². The number of halogens is 1. The van der Waals surface area contributed by atoms with Gasteiger partial charge in [0.25, 0.3) is 5.91 Å². The minimum Gasteiger partial charge on any atom is -0.350 e. The first-order valence-corrected chi connectivity index (χ1v) is 10.1. The van der Waals surface area contributed by atoms with Gasteiger partial charge in [0.15, 0.2) is 0 Å². The van der Waals surface area contributed by atoms with E-state index in [1.165, 1.54) is 12.1 Å². The number of pyridine rings is 2. The van der Waals surface area contributed by atoms with Crippen LogP contribution in [0.25, 0.3) is 10.9 Å². The van der Waals surface area contributed by atoms with Crippen molar-refractivity contribution in [3.63, 3.8) is 0 Å². The number of carbonyl (C=O) groups is 1. The fraction of sp³-hybridized carbons (Fsp3) is 0.0500. The Balaban J connectivity index is 1.46. The molecule has 0 radical (unpaired) electrons. The maximum absolute atomic E-state index is 13.3. The second-order valence-electron chi connectivity index (χ2n) is 6.31. The summed E-state index contributed by atoms with van der Waals surface area (Å²) in [7, 11) is -3.87. The van der Waals surface area contributed by atoms with E-state index in [1.807, 2.05) is 0 Å². The predicted octanol–water partition coefficient (Wildman–Crippen LogP) is 2.86. The zero-order valence-corrected chi connectivity index (χ0v) is 15.8. The maximum Gasteiger partial charge on any atom is 0.267 e. The van der Waals surface area contributed by atoms with Crippen molar-refractivity contribution in [2.75, 3.05) is 0 Å². The molecule has 7 nitrogen and oxygen atoms in total. The smallest absolute Gasteiger partial charge is 0.267 e. The number of nitrogens with one attached hydrogen (secondary N) is 2. The summed E-state index contributed by atoms with van der Waals surface area (Å²) < 4.78 is 38.4. The van der Waals surface area contributed by atoms with Crippen LogP contribution < -0.4 is 5.32 Å². The lowest BCUT2D eigenvalue weighted by atomic mass is 10.2. The second-order valence-corrected chi connectivity index (χ2v) is 8.26. The molecule has 2 N–H and O–H groups in total. The third-order valence-corrected chi connectivity index (χ3v) is 6.08. The molecule has 0 saturated heterocycles. The van der Waals surface area contributed by atoms with Crippen LogP contribution in [0.3, 0.4) is 0 Å². The number of sulfone groups is 1. The number of aromatic amines is 1. The van der Waals surface area contributed by atoms with Gasteiger partial charge in [-0.25, -0.2) is 12.8 Å². The molecule has 1 amide bonds. The van der Waals surface area contributed by atoms with Gasteiger partial charge >= 0.3 is 0 Å². The Kier molecular flexibility index (Phi) is 4.81. The minimum absolute atomic E-state index is 0.0168. The van der Waals surface area contributed by atoms with Crippen molar-refractivity contribution in [1.82, 2.24) is 20.3 Å². The summed E-state index contributed by atoms with van der Waals surface area (Å²) in [5.74, 6) is -1.01. The van der Waals surface area contributed by atoms with Gasteiger partial charge in [-0.2, -0.15) is 0 Å². The van der Waals surface area contributed by atoms with Crippen LogP contribution >= 0.6 is 0 Å². The first-order valence-electron chi connectivity index (χ1n) is 8.59. The first kappa shape index (κ1) is 18.8. The van der Waals surface area contributed by atoms with E-state index in [9.17, 15) is 17.6 Å². The topological polar surface area (TPSA) is 105 Å². The molecule has 0 aliphatic rings. The van der Waals surface area contributed by atoms with Crippen LogP contribution in [0, 0.1) is 5.82 Å². The van der Waals surface area contributed by atoms with E-state index in [0.717, 1.165) is 29.4 Å². The van der Waals surface area contributed by atoms with E-state index in [2.05, 4.69) is 20.3 Å². The zero-order chi connectivity index (χ0) is 20.4. The molecule has 0 atom stereocenters. The number of H-pyrrole nitrogens is 1. The monoisotopic (exact) mass is 410 g/mol. The predicted molar refractivity (Wildman–Crippen MR) is 103 cm³/mol. The van der Waals surface area contributed by atoms with Crippen molar-refractivity contribution in [3.05, 3.63) is 84.3 Å². The van der Waals surface area contributed by atoms with E-state index in [-0.39, 0.29) is 22.2 Å². The van der Waals surface area contributed by atoms with Gasteiger partial charge in [0.2, 0.25) is 9.84 Å². The summed E-state index contributed by atoms with van der Waals surface area (Å²) >= 11 is 0. The van der Waals surface area contributed by atoms with Gasteiger partial charge in [-0.05, 0) is 35.9 Å². The molecule has 0 aliphatic heterocycles. The molecule has 0 saturated carbocycles. The first-order chi connectivity index (χ1) is 13.9. The molecule has 9 heteroatoms.